The highest BCUT2D eigenvalue weighted by atomic mass is 79.9. The van der Waals surface area contributed by atoms with Crippen LogP contribution in [0.5, 0.6) is 11.5 Å². The molecule has 4 nitrogen and oxygen atoms in total. The number of hydrogen-bond acceptors (Lipinski definition) is 5. The van der Waals surface area contributed by atoms with E-state index in [4.69, 9.17) is 9.47 Å². The largest absolute Gasteiger partial charge is 0.493 e. The van der Waals surface area contributed by atoms with Crippen LogP contribution in [0.25, 0.3) is 0 Å². The lowest BCUT2D eigenvalue weighted by molar-refractivity contribution is 0.0571. The standard InChI is InChI=1S/C14H16BrNO3S/c1-14(17,13-16-12(15)8-20-13)7-9-4-5-10(18-2)11(6-9)19-3/h4-6,8,17H,7H2,1-3H3. The first kappa shape index (κ1) is 15.3. The lowest BCUT2D eigenvalue weighted by atomic mass is 9.97. The van der Waals surface area contributed by atoms with Crippen LogP contribution < -0.4 is 9.47 Å². The van der Waals surface area contributed by atoms with E-state index in [-0.39, 0.29) is 0 Å². The van der Waals surface area contributed by atoms with Gasteiger partial charge in [-0.15, -0.1) is 11.3 Å². The Morgan fingerprint density at radius 1 is 1.30 bits per heavy atom. The minimum absolute atomic E-state index is 0.452. The van der Waals surface area contributed by atoms with Crippen LogP contribution in [0.1, 0.15) is 17.5 Å². The van der Waals surface area contributed by atoms with Gasteiger partial charge in [0.1, 0.15) is 15.2 Å². The molecule has 0 aliphatic carbocycles. The van der Waals surface area contributed by atoms with Gasteiger partial charge in [-0.2, -0.15) is 0 Å². The van der Waals surface area contributed by atoms with Gasteiger partial charge in [0.15, 0.2) is 11.5 Å². The predicted molar refractivity (Wildman–Crippen MR) is 82.6 cm³/mol. The molecule has 1 aromatic heterocycles. The number of aliphatic hydroxyl groups is 1. The van der Waals surface area contributed by atoms with Crippen LogP contribution in [-0.2, 0) is 12.0 Å². The highest BCUT2D eigenvalue weighted by Gasteiger charge is 2.27. The second kappa shape index (κ2) is 6.11. The molecule has 0 spiro atoms. The van der Waals surface area contributed by atoms with Crippen molar-refractivity contribution in [2.45, 2.75) is 18.9 Å². The van der Waals surface area contributed by atoms with Crippen molar-refractivity contribution in [3.63, 3.8) is 0 Å². The average Bonchev–Trinajstić information content (AvgIpc) is 2.85. The maximum atomic E-state index is 10.6. The van der Waals surface area contributed by atoms with Crippen molar-refractivity contribution in [1.29, 1.82) is 0 Å². The summed E-state index contributed by atoms with van der Waals surface area (Å²) in [5.74, 6) is 1.33. The Morgan fingerprint density at radius 3 is 2.55 bits per heavy atom. The third-order valence-corrected chi connectivity index (χ3v) is 4.74. The zero-order valence-corrected chi connectivity index (χ0v) is 13.9. The lowest BCUT2D eigenvalue weighted by Gasteiger charge is -2.21. The molecule has 6 heteroatoms. The number of ether oxygens (including phenoxy) is 2. The predicted octanol–water partition coefficient (Wildman–Crippen LogP) is 3.37. The van der Waals surface area contributed by atoms with Crippen molar-refractivity contribution in [2.75, 3.05) is 14.2 Å². The summed E-state index contributed by atoms with van der Waals surface area (Å²) < 4.78 is 11.2. The normalized spacial score (nSPS) is 13.8. The minimum Gasteiger partial charge on any atom is -0.493 e. The maximum absolute atomic E-state index is 10.6. The fourth-order valence-corrected chi connectivity index (χ4v) is 3.28. The summed E-state index contributed by atoms with van der Waals surface area (Å²) in [6.45, 7) is 1.76. The van der Waals surface area contributed by atoms with Gasteiger partial charge in [-0.25, -0.2) is 4.98 Å². The van der Waals surface area contributed by atoms with Gasteiger partial charge in [0.05, 0.1) is 14.2 Å². The SMILES string of the molecule is COc1ccc(CC(C)(O)c2nc(Br)cs2)cc1OC. The van der Waals surface area contributed by atoms with Gasteiger partial charge in [-0.3, -0.25) is 0 Å². The van der Waals surface area contributed by atoms with Crippen LogP contribution in [0.2, 0.25) is 0 Å². The van der Waals surface area contributed by atoms with E-state index >= 15 is 0 Å². The molecule has 0 amide bonds. The Labute approximate surface area is 130 Å². The zero-order valence-electron chi connectivity index (χ0n) is 11.5. The van der Waals surface area contributed by atoms with Gasteiger partial charge in [0.25, 0.3) is 0 Å². The second-order valence-electron chi connectivity index (χ2n) is 4.62. The summed E-state index contributed by atoms with van der Waals surface area (Å²) in [6, 6.07) is 5.62. The van der Waals surface area contributed by atoms with E-state index in [2.05, 4.69) is 20.9 Å². The van der Waals surface area contributed by atoms with E-state index < -0.39 is 5.60 Å². The zero-order chi connectivity index (χ0) is 14.8. The first-order chi connectivity index (χ1) is 9.46. The maximum Gasteiger partial charge on any atom is 0.160 e. The van der Waals surface area contributed by atoms with Crippen molar-refractivity contribution in [1.82, 2.24) is 4.98 Å². The third-order valence-electron chi connectivity index (χ3n) is 2.93. The molecule has 0 saturated carbocycles. The molecular weight excluding hydrogens is 342 g/mol. The molecule has 0 radical (unpaired) electrons. The number of aromatic nitrogens is 1. The van der Waals surface area contributed by atoms with Gasteiger partial charge in [-0.1, -0.05) is 6.07 Å². The number of halogens is 1. The molecule has 1 aromatic carbocycles. The van der Waals surface area contributed by atoms with E-state index in [9.17, 15) is 5.11 Å². The Hall–Kier alpha value is -1.11. The first-order valence-corrected chi connectivity index (χ1v) is 7.68. The summed E-state index contributed by atoms with van der Waals surface area (Å²) in [6.07, 6.45) is 0.452. The van der Waals surface area contributed by atoms with Crippen LogP contribution in [0.15, 0.2) is 28.2 Å². The molecule has 1 unspecified atom stereocenters. The fraction of sp³-hybridized carbons (Fsp3) is 0.357. The Balaban J connectivity index is 2.25. The van der Waals surface area contributed by atoms with Crippen molar-refractivity contribution < 1.29 is 14.6 Å². The Kier molecular flexibility index (Phi) is 4.67. The number of benzene rings is 1. The van der Waals surface area contributed by atoms with Crippen LogP contribution in [0, 0.1) is 0 Å². The highest BCUT2D eigenvalue weighted by molar-refractivity contribution is 9.10. The van der Waals surface area contributed by atoms with Crippen molar-refractivity contribution in [3.8, 4) is 11.5 Å². The molecule has 2 rings (SSSR count). The second-order valence-corrected chi connectivity index (χ2v) is 6.29. The molecule has 1 N–H and O–H groups in total. The molecule has 108 valence electrons. The summed E-state index contributed by atoms with van der Waals surface area (Å²) in [5.41, 5.74) is -0.0602. The quantitative estimate of drug-likeness (QED) is 0.891. The molecule has 0 aliphatic heterocycles. The first-order valence-electron chi connectivity index (χ1n) is 6.01. The van der Waals surface area contributed by atoms with Crippen molar-refractivity contribution in [3.05, 3.63) is 38.8 Å². The van der Waals surface area contributed by atoms with Gasteiger partial charge in [-0.05, 0) is 40.5 Å². The molecule has 20 heavy (non-hydrogen) atoms. The smallest absolute Gasteiger partial charge is 0.160 e. The Bertz CT molecular complexity index is 598. The molecule has 0 bridgehead atoms. The third kappa shape index (κ3) is 3.31. The van der Waals surface area contributed by atoms with E-state index in [1.54, 1.807) is 21.1 Å². The van der Waals surface area contributed by atoms with E-state index in [0.717, 1.165) is 10.2 Å². The van der Waals surface area contributed by atoms with E-state index in [1.165, 1.54) is 11.3 Å². The summed E-state index contributed by atoms with van der Waals surface area (Å²) in [4.78, 5) is 4.28. The summed E-state index contributed by atoms with van der Waals surface area (Å²) in [5, 5.41) is 13.1. The molecule has 2 aromatic rings. The van der Waals surface area contributed by atoms with Crippen molar-refractivity contribution in [2.24, 2.45) is 0 Å². The number of hydrogen-bond donors (Lipinski definition) is 1. The monoisotopic (exact) mass is 357 g/mol. The van der Waals surface area contributed by atoms with Crippen LogP contribution in [0.4, 0.5) is 0 Å². The topological polar surface area (TPSA) is 51.6 Å². The van der Waals surface area contributed by atoms with Crippen LogP contribution in [0.3, 0.4) is 0 Å². The van der Waals surface area contributed by atoms with Crippen LogP contribution >= 0.6 is 27.3 Å². The highest BCUT2D eigenvalue weighted by Crippen LogP contribution is 2.33. The molecule has 0 saturated heterocycles. The van der Waals surface area contributed by atoms with E-state index in [1.807, 2.05) is 23.6 Å². The Morgan fingerprint density at radius 2 is 2.00 bits per heavy atom. The number of nitrogens with zero attached hydrogens (tertiary/aromatic N) is 1. The van der Waals surface area contributed by atoms with Gasteiger partial charge in [0, 0.05) is 11.8 Å². The molecule has 0 aliphatic rings. The molecule has 0 fully saturated rings. The lowest BCUT2D eigenvalue weighted by Crippen LogP contribution is -2.24. The van der Waals surface area contributed by atoms with Crippen LogP contribution in [-0.4, -0.2) is 24.3 Å². The average molecular weight is 358 g/mol. The number of thiazole rings is 1. The molecule has 1 heterocycles. The fourth-order valence-electron chi connectivity index (χ4n) is 1.97. The minimum atomic E-state index is -1.02. The molecule has 1 atom stereocenters. The van der Waals surface area contributed by atoms with E-state index in [0.29, 0.717) is 22.9 Å². The summed E-state index contributed by atoms with van der Waals surface area (Å²) >= 11 is 4.73. The summed E-state index contributed by atoms with van der Waals surface area (Å²) in [7, 11) is 3.19. The van der Waals surface area contributed by atoms with Gasteiger partial charge < -0.3 is 14.6 Å². The number of methoxy groups -OCH3 is 2. The van der Waals surface area contributed by atoms with Gasteiger partial charge >= 0.3 is 0 Å². The van der Waals surface area contributed by atoms with Crippen molar-refractivity contribution >= 4 is 27.3 Å². The van der Waals surface area contributed by atoms with Gasteiger partial charge in [0.2, 0.25) is 0 Å². The number of rotatable bonds is 5. The molecular formula is C14H16BrNO3S.